The van der Waals surface area contributed by atoms with E-state index in [0.29, 0.717) is 5.56 Å². The second kappa shape index (κ2) is 5.51. The molecule has 100 valence electrons. The van der Waals surface area contributed by atoms with Crippen LogP contribution >= 0.6 is 0 Å². The monoisotopic (exact) mass is 258 g/mol. The standard InChI is InChI=1S/C16H19FN2/c1-10-4-6-12(3)13(8-10)16(19-18)14-9-11(2)5-7-15(14)17/h4-9,16,19H,18H2,1-3H3. The van der Waals surface area contributed by atoms with E-state index in [0.717, 1.165) is 22.3 Å². The molecule has 3 N–H and O–H groups in total. The van der Waals surface area contributed by atoms with E-state index in [1.807, 2.05) is 45.0 Å². The normalized spacial score (nSPS) is 12.5. The van der Waals surface area contributed by atoms with Crippen LogP contribution in [0.2, 0.25) is 0 Å². The summed E-state index contributed by atoms with van der Waals surface area (Å²) < 4.78 is 14.0. The van der Waals surface area contributed by atoms with E-state index >= 15 is 0 Å². The number of rotatable bonds is 3. The molecule has 0 aliphatic carbocycles. The van der Waals surface area contributed by atoms with Gasteiger partial charge >= 0.3 is 0 Å². The van der Waals surface area contributed by atoms with E-state index < -0.39 is 0 Å². The van der Waals surface area contributed by atoms with E-state index in [1.54, 1.807) is 6.07 Å². The van der Waals surface area contributed by atoms with E-state index in [4.69, 9.17) is 5.84 Å². The average molecular weight is 258 g/mol. The topological polar surface area (TPSA) is 38.0 Å². The Morgan fingerprint density at radius 1 is 0.947 bits per heavy atom. The van der Waals surface area contributed by atoms with E-state index in [9.17, 15) is 4.39 Å². The Morgan fingerprint density at radius 2 is 1.53 bits per heavy atom. The van der Waals surface area contributed by atoms with Crippen LogP contribution < -0.4 is 11.3 Å². The van der Waals surface area contributed by atoms with Crippen LogP contribution in [-0.2, 0) is 0 Å². The minimum Gasteiger partial charge on any atom is -0.271 e. The molecule has 1 unspecified atom stereocenters. The molecule has 0 heterocycles. The highest BCUT2D eigenvalue weighted by Gasteiger charge is 2.18. The van der Waals surface area contributed by atoms with Crippen molar-refractivity contribution in [2.75, 3.05) is 0 Å². The zero-order valence-corrected chi connectivity index (χ0v) is 11.5. The van der Waals surface area contributed by atoms with Crippen molar-refractivity contribution in [2.45, 2.75) is 26.8 Å². The molecule has 0 saturated heterocycles. The highest BCUT2D eigenvalue weighted by Crippen LogP contribution is 2.27. The molecule has 0 aliphatic heterocycles. The zero-order chi connectivity index (χ0) is 14.0. The predicted molar refractivity (Wildman–Crippen MR) is 76.2 cm³/mol. The third-order valence-corrected chi connectivity index (χ3v) is 3.37. The summed E-state index contributed by atoms with van der Waals surface area (Å²) in [5, 5.41) is 0. The van der Waals surface area contributed by atoms with Crippen molar-refractivity contribution in [1.29, 1.82) is 0 Å². The van der Waals surface area contributed by atoms with E-state index in [-0.39, 0.29) is 11.9 Å². The molecule has 0 saturated carbocycles. The average Bonchev–Trinajstić information content (AvgIpc) is 2.38. The molecule has 0 fully saturated rings. The van der Waals surface area contributed by atoms with Gasteiger partial charge in [0.05, 0.1) is 6.04 Å². The number of benzene rings is 2. The maximum atomic E-state index is 14.0. The molecule has 2 nitrogen and oxygen atoms in total. The van der Waals surface area contributed by atoms with Crippen molar-refractivity contribution < 1.29 is 4.39 Å². The first-order valence-corrected chi connectivity index (χ1v) is 6.32. The van der Waals surface area contributed by atoms with Crippen LogP contribution in [0.3, 0.4) is 0 Å². The fourth-order valence-electron chi connectivity index (χ4n) is 2.30. The molecule has 0 bridgehead atoms. The van der Waals surface area contributed by atoms with Crippen LogP contribution in [0.4, 0.5) is 4.39 Å². The van der Waals surface area contributed by atoms with Gasteiger partial charge in [-0.05, 0) is 38.0 Å². The van der Waals surface area contributed by atoms with Gasteiger partial charge in [0.25, 0.3) is 0 Å². The molecule has 2 rings (SSSR count). The van der Waals surface area contributed by atoms with Crippen LogP contribution in [0.5, 0.6) is 0 Å². The summed E-state index contributed by atoms with van der Waals surface area (Å²) in [4.78, 5) is 0. The van der Waals surface area contributed by atoms with Gasteiger partial charge in [-0.3, -0.25) is 5.84 Å². The second-order valence-corrected chi connectivity index (χ2v) is 4.98. The maximum absolute atomic E-state index is 14.0. The lowest BCUT2D eigenvalue weighted by atomic mass is 9.93. The van der Waals surface area contributed by atoms with Gasteiger partial charge in [-0.25, -0.2) is 9.82 Å². The minimum atomic E-state index is -0.334. The van der Waals surface area contributed by atoms with Gasteiger partial charge in [-0.2, -0.15) is 0 Å². The fourth-order valence-corrected chi connectivity index (χ4v) is 2.30. The zero-order valence-electron chi connectivity index (χ0n) is 11.5. The second-order valence-electron chi connectivity index (χ2n) is 4.98. The Hall–Kier alpha value is -1.71. The molecule has 1 atom stereocenters. The highest BCUT2D eigenvalue weighted by molar-refractivity contribution is 5.40. The lowest BCUT2D eigenvalue weighted by Gasteiger charge is -2.20. The van der Waals surface area contributed by atoms with Gasteiger partial charge in [-0.15, -0.1) is 0 Å². The van der Waals surface area contributed by atoms with Crippen LogP contribution in [0, 0.1) is 26.6 Å². The van der Waals surface area contributed by atoms with Crippen LogP contribution in [0.1, 0.15) is 33.9 Å². The largest absolute Gasteiger partial charge is 0.271 e. The fraction of sp³-hybridized carbons (Fsp3) is 0.250. The van der Waals surface area contributed by atoms with Gasteiger partial charge in [0.2, 0.25) is 0 Å². The number of nitrogens with two attached hydrogens (primary N) is 1. The maximum Gasteiger partial charge on any atom is 0.128 e. The van der Waals surface area contributed by atoms with Crippen LogP contribution in [0.25, 0.3) is 0 Å². The smallest absolute Gasteiger partial charge is 0.128 e. The highest BCUT2D eigenvalue weighted by atomic mass is 19.1. The van der Waals surface area contributed by atoms with Crippen LogP contribution in [-0.4, -0.2) is 0 Å². The van der Waals surface area contributed by atoms with Crippen molar-refractivity contribution in [1.82, 2.24) is 5.43 Å². The SMILES string of the molecule is Cc1ccc(C)c(C(NN)c2cc(C)ccc2F)c1. The minimum absolute atomic E-state index is 0.241. The Kier molecular flexibility index (Phi) is 3.98. The van der Waals surface area contributed by atoms with Crippen molar-refractivity contribution in [2.24, 2.45) is 5.84 Å². The number of hydrogen-bond acceptors (Lipinski definition) is 2. The molecule has 0 radical (unpaired) electrons. The van der Waals surface area contributed by atoms with Crippen molar-refractivity contribution >= 4 is 0 Å². The molecule has 0 aliphatic rings. The number of hydrazine groups is 1. The third-order valence-electron chi connectivity index (χ3n) is 3.37. The number of hydrogen-bond donors (Lipinski definition) is 2. The Labute approximate surface area is 113 Å². The summed E-state index contributed by atoms with van der Waals surface area (Å²) >= 11 is 0. The predicted octanol–water partition coefficient (Wildman–Crippen LogP) is 3.30. The molecule has 0 spiro atoms. The Morgan fingerprint density at radius 3 is 2.16 bits per heavy atom. The molecule has 3 heteroatoms. The van der Waals surface area contributed by atoms with Crippen molar-refractivity contribution in [3.63, 3.8) is 0 Å². The molecule has 0 aromatic heterocycles. The summed E-state index contributed by atoms with van der Waals surface area (Å²) in [6.45, 7) is 5.97. The Bertz CT molecular complexity index is 542. The first kappa shape index (κ1) is 13.7. The van der Waals surface area contributed by atoms with Gasteiger partial charge in [0.1, 0.15) is 5.82 Å². The molecular formula is C16H19FN2. The molecule has 19 heavy (non-hydrogen) atoms. The van der Waals surface area contributed by atoms with Crippen molar-refractivity contribution in [3.8, 4) is 0 Å². The summed E-state index contributed by atoms with van der Waals surface area (Å²) in [5.74, 6) is 5.42. The summed E-state index contributed by atoms with van der Waals surface area (Å²) in [7, 11) is 0. The first-order valence-electron chi connectivity index (χ1n) is 6.32. The van der Waals surface area contributed by atoms with E-state index in [1.165, 1.54) is 6.07 Å². The lowest BCUT2D eigenvalue weighted by Crippen LogP contribution is -2.30. The summed E-state index contributed by atoms with van der Waals surface area (Å²) in [6, 6.07) is 10.9. The van der Waals surface area contributed by atoms with Crippen LogP contribution in [0.15, 0.2) is 36.4 Å². The van der Waals surface area contributed by atoms with Gasteiger partial charge < -0.3 is 0 Å². The van der Waals surface area contributed by atoms with Gasteiger partial charge in [0.15, 0.2) is 0 Å². The summed E-state index contributed by atoms with van der Waals surface area (Å²) in [6.07, 6.45) is 0. The summed E-state index contributed by atoms with van der Waals surface area (Å²) in [5.41, 5.74) is 7.56. The molecule has 2 aromatic carbocycles. The Balaban J connectivity index is 2.55. The first-order chi connectivity index (χ1) is 9.02. The number of aryl methyl sites for hydroxylation is 3. The van der Waals surface area contributed by atoms with E-state index in [2.05, 4.69) is 5.43 Å². The van der Waals surface area contributed by atoms with Gasteiger partial charge in [-0.1, -0.05) is 41.5 Å². The number of nitrogens with one attached hydrogen (secondary N) is 1. The molecule has 0 amide bonds. The quantitative estimate of drug-likeness (QED) is 0.655. The van der Waals surface area contributed by atoms with Gasteiger partial charge in [0, 0.05) is 5.56 Å². The lowest BCUT2D eigenvalue weighted by molar-refractivity contribution is 0.558. The van der Waals surface area contributed by atoms with Crippen molar-refractivity contribution in [3.05, 3.63) is 70.0 Å². The number of halogens is 1. The molecule has 2 aromatic rings. The molecular weight excluding hydrogens is 239 g/mol. The third kappa shape index (κ3) is 2.83.